The number of rotatable bonds is 4. The van der Waals surface area contributed by atoms with Gasteiger partial charge >= 0.3 is 0 Å². The molecule has 0 radical (unpaired) electrons. The van der Waals surface area contributed by atoms with Crippen LogP contribution in [0, 0.1) is 12.8 Å². The van der Waals surface area contributed by atoms with Crippen LogP contribution in [0.1, 0.15) is 32.8 Å². The summed E-state index contributed by atoms with van der Waals surface area (Å²) in [6, 6.07) is 4.74. The molecule has 3 heteroatoms. The maximum absolute atomic E-state index is 3.60. The fraction of sp³-hybridized carbons (Fsp3) is 0.538. The molecule has 1 rings (SSSR count). The van der Waals surface area contributed by atoms with Gasteiger partial charge in [-0.1, -0.05) is 20.3 Å². The van der Waals surface area contributed by atoms with Gasteiger partial charge in [0.15, 0.2) is 0 Å². The van der Waals surface area contributed by atoms with E-state index in [0.29, 0.717) is 12.0 Å². The number of benzene rings is 1. The van der Waals surface area contributed by atoms with Gasteiger partial charge in [0.25, 0.3) is 0 Å². The summed E-state index contributed by atoms with van der Waals surface area (Å²) in [5.74, 6) is 0.667. The van der Waals surface area contributed by atoms with Crippen molar-refractivity contribution in [3.63, 3.8) is 0 Å². The molecule has 1 aromatic carbocycles. The van der Waals surface area contributed by atoms with Crippen LogP contribution in [0.5, 0.6) is 0 Å². The third kappa shape index (κ3) is 3.49. The smallest absolute Gasteiger partial charge is 0.0631 e. The summed E-state index contributed by atoms with van der Waals surface area (Å²) in [4.78, 5) is 0. The molecular weight excluding hydrogens is 330 g/mol. The van der Waals surface area contributed by atoms with Crippen molar-refractivity contribution in [1.82, 2.24) is 0 Å². The standard InChI is InChI=1S/C13H19Br2N/c1-5-9(3)10(4)16-13-11(14)6-8(2)7-12(13)15/h6-7,9-10,16H,5H2,1-4H3. The lowest BCUT2D eigenvalue weighted by Crippen LogP contribution is -2.23. The highest BCUT2D eigenvalue weighted by Crippen LogP contribution is 2.33. The van der Waals surface area contributed by atoms with Crippen molar-refractivity contribution in [2.75, 3.05) is 5.32 Å². The molecule has 2 atom stereocenters. The van der Waals surface area contributed by atoms with Crippen LogP contribution in [0.2, 0.25) is 0 Å². The van der Waals surface area contributed by atoms with Crippen molar-refractivity contribution in [3.05, 3.63) is 26.6 Å². The molecule has 0 saturated carbocycles. The summed E-state index contributed by atoms with van der Waals surface area (Å²) in [7, 11) is 0. The number of nitrogens with one attached hydrogen (secondary N) is 1. The molecule has 0 fully saturated rings. The number of anilines is 1. The first-order valence-electron chi connectivity index (χ1n) is 5.67. The Bertz CT molecular complexity index is 340. The van der Waals surface area contributed by atoms with E-state index in [0.717, 1.165) is 14.6 Å². The quantitative estimate of drug-likeness (QED) is 0.771. The lowest BCUT2D eigenvalue weighted by molar-refractivity contribution is 0.494. The molecule has 0 aliphatic heterocycles. The van der Waals surface area contributed by atoms with Crippen molar-refractivity contribution >= 4 is 37.5 Å². The Labute approximate surface area is 115 Å². The first kappa shape index (κ1) is 14.0. The first-order chi connectivity index (χ1) is 7.45. The molecule has 0 aliphatic rings. The minimum Gasteiger partial charge on any atom is -0.380 e. The molecule has 90 valence electrons. The zero-order chi connectivity index (χ0) is 12.3. The van der Waals surface area contributed by atoms with Crippen LogP contribution in [0.4, 0.5) is 5.69 Å². The predicted molar refractivity (Wildman–Crippen MR) is 79.1 cm³/mol. The van der Waals surface area contributed by atoms with Gasteiger partial charge in [0, 0.05) is 15.0 Å². The van der Waals surface area contributed by atoms with Gasteiger partial charge < -0.3 is 5.32 Å². The lowest BCUT2D eigenvalue weighted by atomic mass is 10.0. The molecule has 2 unspecified atom stereocenters. The Morgan fingerprint density at radius 2 is 1.69 bits per heavy atom. The summed E-state index contributed by atoms with van der Waals surface area (Å²) in [6.07, 6.45) is 1.19. The summed E-state index contributed by atoms with van der Waals surface area (Å²) in [6.45, 7) is 8.82. The summed E-state index contributed by atoms with van der Waals surface area (Å²) in [5.41, 5.74) is 2.40. The Morgan fingerprint density at radius 3 is 2.12 bits per heavy atom. The van der Waals surface area contributed by atoms with Crippen LogP contribution in [0.15, 0.2) is 21.1 Å². The predicted octanol–water partition coefficient (Wildman–Crippen LogP) is 5.37. The maximum atomic E-state index is 3.60. The van der Waals surface area contributed by atoms with E-state index in [9.17, 15) is 0 Å². The van der Waals surface area contributed by atoms with Crippen molar-refractivity contribution in [2.24, 2.45) is 5.92 Å². The van der Waals surface area contributed by atoms with Crippen LogP contribution in [0.25, 0.3) is 0 Å². The fourth-order valence-electron chi connectivity index (χ4n) is 1.56. The van der Waals surface area contributed by atoms with Crippen molar-refractivity contribution < 1.29 is 0 Å². The third-order valence-corrected chi connectivity index (χ3v) is 4.31. The molecule has 0 spiro atoms. The van der Waals surface area contributed by atoms with E-state index in [4.69, 9.17) is 0 Å². The molecule has 0 amide bonds. The molecule has 0 bridgehead atoms. The van der Waals surface area contributed by atoms with Gasteiger partial charge in [-0.25, -0.2) is 0 Å². The zero-order valence-electron chi connectivity index (χ0n) is 10.3. The van der Waals surface area contributed by atoms with E-state index in [1.165, 1.54) is 12.0 Å². The van der Waals surface area contributed by atoms with Gasteiger partial charge in [0.05, 0.1) is 5.69 Å². The Hall–Kier alpha value is -0.0200. The van der Waals surface area contributed by atoms with E-state index in [-0.39, 0.29) is 0 Å². The molecule has 0 heterocycles. The minimum atomic E-state index is 0.473. The number of hydrogen-bond acceptors (Lipinski definition) is 1. The van der Waals surface area contributed by atoms with Gasteiger partial charge in [-0.15, -0.1) is 0 Å². The molecule has 1 nitrogen and oxygen atoms in total. The summed E-state index contributed by atoms with van der Waals surface area (Å²) >= 11 is 7.21. The topological polar surface area (TPSA) is 12.0 Å². The highest BCUT2D eigenvalue weighted by atomic mass is 79.9. The summed E-state index contributed by atoms with van der Waals surface area (Å²) in [5, 5.41) is 3.56. The van der Waals surface area contributed by atoms with Gasteiger partial charge in [-0.2, -0.15) is 0 Å². The van der Waals surface area contributed by atoms with Crippen molar-refractivity contribution in [3.8, 4) is 0 Å². The average molecular weight is 349 g/mol. The Morgan fingerprint density at radius 1 is 1.19 bits per heavy atom. The van der Waals surface area contributed by atoms with Crippen LogP contribution < -0.4 is 5.32 Å². The van der Waals surface area contributed by atoms with E-state index >= 15 is 0 Å². The van der Waals surface area contributed by atoms with Crippen LogP contribution in [-0.2, 0) is 0 Å². The van der Waals surface area contributed by atoms with E-state index in [2.05, 4.69) is 77.0 Å². The average Bonchev–Trinajstić information content (AvgIpc) is 2.21. The van der Waals surface area contributed by atoms with Gasteiger partial charge in [-0.05, 0) is 69.3 Å². The second-order valence-electron chi connectivity index (χ2n) is 4.42. The highest BCUT2D eigenvalue weighted by Gasteiger charge is 2.13. The number of halogens is 2. The lowest BCUT2D eigenvalue weighted by Gasteiger charge is -2.23. The van der Waals surface area contributed by atoms with Gasteiger partial charge in [0.2, 0.25) is 0 Å². The van der Waals surface area contributed by atoms with Gasteiger partial charge in [-0.3, -0.25) is 0 Å². The zero-order valence-corrected chi connectivity index (χ0v) is 13.4. The summed E-state index contributed by atoms with van der Waals surface area (Å²) < 4.78 is 2.24. The molecule has 1 N–H and O–H groups in total. The van der Waals surface area contributed by atoms with Crippen LogP contribution in [0.3, 0.4) is 0 Å². The Kier molecular flexibility index (Phi) is 5.32. The largest absolute Gasteiger partial charge is 0.380 e. The number of hydrogen-bond donors (Lipinski definition) is 1. The molecule has 1 aromatic rings. The van der Waals surface area contributed by atoms with Crippen LogP contribution >= 0.6 is 31.9 Å². The Balaban J connectivity index is 2.89. The highest BCUT2D eigenvalue weighted by molar-refractivity contribution is 9.11. The molecule has 0 aliphatic carbocycles. The van der Waals surface area contributed by atoms with E-state index in [1.807, 2.05) is 0 Å². The second kappa shape index (κ2) is 6.06. The fourth-order valence-corrected chi connectivity index (χ4v) is 3.21. The molecular formula is C13H19Br2N. The maximum Gasteiger partial charge on any atom is 0.0631 e. The second-order valence-corrected chi connectivity index (χ2v) is 6.13. The monoisotopic (exact) mass is 347 g/mol. The molecule has 0 aromatic heterocycles. The SMILES string of the molecule is CCC(C)C(C)Nc1c(Br)cc(C)cc1Br. The third-order valence-electron chi connectivity index (χ3n) is 3.06. The van der Waals surface area contributed by atoms with Crippen molar-refractivity contribution in [2.45, 2.75) is 40.2 Å². The minimum absolute atomic E-state index is 0.473. The molecule has 16 heavy (non-hydrogen) atoms. The molecule has 0 saturated heterocycles. The van der Waals surface area contributed by atoms with E-state index < -0.39 is 0 Å². The van der Waals surface area contributed by atoms with Crippen LogP contribution in [-0.4, -0.2) is 6.04 Å². The van der Waals surface area contributed by atoms with Crippen molar-refractivity contribution in [1.29, 1.82) is 0 Å². The number of aryl methyl sites for hydroxylation is 1. The van der Waals surface area contributed by atoms with Gasteiger partial charge in [0.1, 0.15) is 0 Å². The van der Waals surface area contributed by atoms with E-state index in [1.54, 1.807) is 0 Å². The normalized spacial score (nSPS) is 14.6. The first-order valence-corrected chi connectivity index (χ1v) is 7.26.